The van der Waals surface area contributed by atoms with E-state index >= 15 is 0 Å². The third-order valence-electron chi connectivity index (χ3n) is 5.36. The average molecular weight is 350 g/mol. The van der Waals surface area contributed by atoms with E-state index in [2.05, 4.69) is 52.3 Å². The molecule has 0 aliphatic carbocycles. The molecule has 2 heterocycles. The SMILES string of the molecule is O=C(CNc1ccc2c(c1)NCN2)N1CCC(Cc2ccccc2)CC1. The number of piperidine rings is 1. The quantitative estimate of drug-likeness (QED) is 0.774. The monoisotopic (exact) mass is 350 g/mol. The topological polar surface area (TPSA) is 56.4 Å². The molecule has 1 amide bonds. The van der Waals surface area contributed by atoms with Gasteiger partial charge in [-0.3, -0.25) is 4.79 Å². The van der Waals surface area contributed by atoms with Gasteiger partial charge >= 0.3 is 0 Å². The van der Waals surface area contributed by atoms with Crippen LogP contribution in [-0.4, -0.2) is 37.1 Å². The van der Waals surface area contributed by atoms with Crippen LogP contribution in [0.5, 0.6) is 0 Å². The summed E-state index contributed by atoms with van der Waals surface area (Å²) < 4.78 is 0. The summed E-state index contributed by atoms with van der Waals surface area (Å²) in [5, 5.41) is 9.78. The van der Waals surface area contributed by atoms with Crippen LogP contribution in [0.3, 0.4) is 0 Å². The maximum atomic E-state index is 12.5. The molecule has 5 nitrogen and oxygen atoms in total. The van der Waals surface area contributed by atoms with Crippen LogP contribution >= 0.6 is 0 Å². The van der Waals surface area contributed by atoms with Crippen LogP contribution in [0.15, 0.2) is 48.5 Å². The van der Waals surface area contributed by atoms with Crippen molar-refractivity contribution in [1.29, 1.82) is 0 Å². The molecule has 26 heavy (non-hydrogen) atoms. The van der Waals surface area contributed by atoms with Gasteiger partial charge in [-0.15, -0.1) is 0 Å². The van der Waals surface area contributed by atoms with Gasteiger partial charge in [0.25, 0.3) is 0 Å². The van der Waals surface area contributed by atoms with E-state index in [0.29, 0.717) is 12.5 Å². The maximum absolute atomic E-state index is 12.5. The Morgan fingerprint density at radius 3 is 2.62 bits per heavy atom. The van der Waals surface area contributed by atoms with Gasteiger partial charge in [0.1, 0.15) is 0 Å². The largest absolute Gasteiger partial charge is 0.376 e. The van der Waals surface area contributed by atoms with Crippen molar-refractivity contribution in [3.8, 4) is 0 Å². The third kappa shape index (κ3) is 3.93. The first-order valence-electron chi connectivity index (χ1n) is 9.45. The second kappa shape index (κ2) is 7.68. The van der Waals surface area contributed by atoms with Crippen molar-refractivity contribution in [3.05, 3.63) is 54.1 Å². The fourth-order valence-electron chi connectivity index (χ4n) is 3.81. The van der Waals surface area contributed by atoms with E-state index in [9.17, 15) is 4.79 Å². The van der Waals surface area contributed by atoms with Crippen LogP contribution in [-0.2, 0) is 11.2 Å². The van der Waals surface area contributed by atoms with E-state index in [1.54, 1.807) is 0 Å². The molecule has 0 radical (unpaired) electrons. The summed E-state index contributed by atoms with van der Waals surface area (Å²) in [6, 6.07) is 16.8. The molecule has 2 aromatic carbocycles. The van der Waals surface area contributed by atoms with Crippen molar-refractivity contribution < 1.29 is 4.79 Å². The minimum absolute atomic E-state index is 0.190. The maximum Gasteiger partial charge on any atom is 0.241 e. The van der Waals surface area contributed by atoms with E-state index in [-0.39, 0.29) is 5.91 Å². The van der Waals surface area contributed by atoms with Gasteiger partial charge in [-0.05, 0) is 48.9 Å². The molecule has 4 rings (SSSR count). The lowest BCUT2D eigenvalue weighted by Crippen LogP contribution is -2.41. The molecule has 2 aromatic rings. The van der Waals surface area contributed by atoms with Crippen LogP contribution < -0.4 is 16.0 Å². The van der Waals surface area contributed by atoms with Crippen molar-refractivity contribution in [2.24, 2.45) is 5.92 Å². The van der Waals surface area contributed by atoms with E-state index in [1.165, 1.54) is 5.56 Å². The van der Waals surface area contributed by atoms with Gasteiger partial charge < -0.3 is 20.9 Å². The average Bonchev–Trinajstić information content (AvgIpc) is 3.15. The highest BCUT2D eigenvalue weighted by atomic mass is 16.2. The molecule has 136 valence electrons. The number of rotatable bonds is 5. The predicted octanol–water partition coefficient (Wildman–Crippen LogP) is 3.37. The molecule has 0 bridgehead atoms. The zero-order valence-corrected chi connectivity index (χ0v) is 15.0. The van der Waals surface area contributed by atoms with Crippen LogP contribution in [0.1, 0.15) is 18.4 Å². The Morgan fingerprint density at radius 1 is 1.04 bits per heavy atom. The molecule has 2 aliphatic heterocycles. The number of benzene rings is 2. The molecule has 2 aliphatic rings. The summed E-state index contributed by atoms with van der Waals surface area (Å²) in [6.07, 6.45) is 3.31. The van der Waals surface area contributed by atoms with Crippen molar-refractivity contribution in [1.82, 2.24) is 4.90 Å². The molecular weight excluding hydrogens is 324 g/mol. The Morgan fingerprint density at radius 2 is 1.81 bits per heavy atom. The first-order chi connectivity index (χ1) is 12.8. The van der Waals surface area contributed by atoms with Gasteiger partial charge in [0.2, 0.25) is 5.91 Å². The summed E-state index contributed by atoms with van der Waals surface area (Å²) in [5.41, 5.74) is 4.58. The number of nitrogens with zero attached hydrogens (tertiary/aromatic N) is 1. The zero-order chi connectivity index (χ0) is 17.8. The number of hydrogen-bond acceptors (Lipinski definition) is 4. The van der Waals surface area contributed by atoms with E-state index < -0.39 is 0 Å². The van der Waals surface area contributed by atoms with E-state index in [1.807, 2.05) is 17.0 Å². The lowest BCUT2D eigenvalue weighted by atomic mass is 9.90. The van der Waals surface area contributed by atoms with Gasteiger partial charge in [0.05, 0.1) is 24.6 Å². The lowest BCUT2D eigenvalue weighted by molar-refractivity contribution is -0.130. The highest BCUT2D eigenvalue weighted by Gasteiger charge is 2.22. The second-order valence-electron chi connectivity index (χ2n) is 7.16. The molecule has 0 saturated carbocycles. The Bertz CT molecular complexity index is 754. The van der Waals surface area contributed by atoms with E-state index in [4.69, 9.17) is 0 Å². The summed E-state index contributed by atoms with van der Waals surface area (Å²) >= 11 is 0. The smallest absolute Gasteiger partial charge is 0.241 e. The van der Waals surface area contributed by atoms with Crippen molar-refractivity contribution in [2.45, 2.75) is 19.3 Å². The number of hydrogen-bond donors (Lipinski definition) is 3. The molecule has 0 spiro atoms. The molecule has 3 N–H and O–H groups in total. The number of anilines is 3. The molecule has 0 atom stereocenters. The van der Waals surface area contributed by atoms with Crippen molar-refractivity contribution in [2.75, 3.05) is 42.3 Å². The first kappa shape index (κ1) is 16.8. The highest BCUT2D eigenvalue weighted by Crippen LogP contribution is 2.29. The summed E-state index contributed by atoms with van der Waals surface area (Å²) in [7, 11) is 0. The van der Waals surface area contributed by atoms with Gasteiger partial charge in [-0.1, -0.05) is 30.3 Å². The van der Waals surface area contributed by atoms with Gasteiger partial charge in [0, 0.05) is 18.8 Å². The first-order valence-corrected chi connectivity index (χ1v) is 9.45. The summed E-state index contributed by atoms with van der Waals surface area (Å²) in [4.78, 5) is 14.5. The fraction of sp³-hybridized carbons (Fsp3) is 0.381. The van der Waals surface area contributed by atoms with Crippen LogP contribution in [0.4, 0.5) is 17.1 Å². The fourth-order valence-corrected chi connectivity index (χ4v) is 3.81. The minimum Gasteiger partial charge on any atom is -0.376 e. The number of carbonyl (C=O) groups excluding carboxylic acids is 1. The number of carbonyl (C=O) groups is 1. The Kier molecular flexibility index (Phi) is 4.95. The van der Waals surface area contributed by atoms with Crippen LogP contribution in [0.25, 0.3) is 0 Å². The number of fused-ring (bicyclic) bond motifs is 1. The summed E-state index contributed by atoms with van der Waals surface area (Å²) in [6.45, 7) is 2.85. The van der Waals surface area contributed by atoms with E-state index in [0.717, 1.165) is 56.1 Å². The molecule has 0 aromatic heterocycles. The van der Waals surface area contributed by atoms with Crippen LogP contribution in [0.2, 0.25) is 0 Å². The molecule has 5 heteroatoms. The lowest BCUT2D eigenvalue weighted by Gasteiger charge is -2.32. The van der Waals surface area contributed by atoms with Gasteiger partial charge in [-0.2, -0.15) is 0 Å². The third-order valence-corrected chi connectivity index (χ3v) is 5.36. The number of amides is 1. The van der Waals surface area contributed by atoms with Gasteiger partial charge in [-0.25, -0.2) is 0 Å². The van der Waals surface area contributed by atoms with Crippen LogP contribution in [0, 0.1) is 5.92 Å². The number of likely N-dealkylation sites (tertiary alicyclic amines) is 1. The normalized spacial score (nSPS) is 16.5. The second-order valence-corrected chi connectivity index (χ2v) is 7.16. The zero-order valence-electron chi connectivity index (χ0n) is 15.0. The minimum atomic E-state index is 0.190. The predicted molar refractivity (Wildman–Crippen MR) is 106 cm³/mol. The van der Waals surface area contributed by atoms with Crippen molar-refractivity contribution >= 4 is 23.0 Å². The Labute approximate surface area is 154 Å². The van der Waals surface area contributed by atoms with Gasteiger partial charge in [0.15, 0.2) is 0 Å². The number of nitrogens with one attached hydrogen (secondary N) is 3. The molecule has 0 unspecified atom stereocenters. The Hall–Kier alpha value is -2.69. The Balaban J connectivity index is 1.23. The highest BCUT2D eigenvalue weighted by molar-refractivity contribution is 5.82. The van der Waals surface area contributed by atoms with Crippen molar-refractivity contribution in [3.63, 3.8) is 0 Å². The molecule has 1 fully saturated rings. The molecular formula is C21H26N4O. The standard InChI is InChI=1S/C21H26N4O/c26-21(14-22-18-6-7-19-20(13-18)24-15-23-19)25-10-8-17(9-11-25)12-16-4-2-1-3-5-16/h1-7,13,17,22-24H,8-12,14-15H2. The molecule has 1 saturated heterocycles. The summed E-state index contributed by atoms with van der Waals surface area (Å²) in [5.74, 6) is 0.874.